The van der Waals surface area contributed by atoms with Crippen LogP contribution in [0.15, 0.2) is 29.2 Å². The van der Waals surface area contributed by atoms with E-state index in [0.29, 0.717) is 6.42 Å². The van der Waals surface area contributed by atoms with Gasteiger partial charge in [0.1, 0.15) is 6.04 Å². The summed E-state index contributed by atoms with van der Waals surface area (Å²) >= 11 is 0. The Morgan fingerprint density at radius 3 is 2.42 bits per heavy atom. The van der Waals surface area contributed by atoms with Gasteiger partial charge in [0.05, 0.1) is 12.0 Å². The molecule has 0 aliphatic carbocycles. The smallest absolute Gasteiger partial charge is 0.328 e. The molecule has 24 heavy (non-hydrogen) atoms. The van der Waals surface area contributed by atoms with Crippen LogP contribution in [-0.4, -0.2) is 51.8 Å². The maximum absolute atomic E-state index is 12.4. The fourth-order valence-corrected chi connectivity index (χ4v) is 2.98. The molecule has 1 amide bonds. The van der Waals surface area contributed by atoms with Crippen LogP contribution in [0.25, 0.3) is 0 Å². The number of hydrogen-bond acceptors (Lipinski definition) is 5. The summed E-state index contributed by atoms with van der Waals surface area (Å²) in [6, 6.07) is 4.90. The molecule has 0 heterocycles. The maximum Gasteiger partial charge on any atom is 0.328 e. The zero-order valence-electron chi connectivity index (χ0n) is 14.6. The Morgan fingerprint density at radius 1 is 1.29 bits per heavy atom. The van der Waals surface area contributed by atoms with E-state index in [9.17, 15) is 18.0 Å². The Labute approximate surface area is 143 Å². The first-order chi connectivity index (χ1) is 11.1. The zero-order chi connectivity index (χ0) is 18.5. The lowest BCUT2D eigenvalue weighted by atomic mass is 9.99. The van der Waals surface area contributed by atoms with Gasteiger partial charge in [-0.25, -0.2) is 17.5 Å². The van der Waals surface area contributed by atoms with Crippen LogP contribution in [0, 0.1) is 5.92 Å². The number of ether oxygens (including phenoxy) is 1. The van der Waals surface area contributed by atoms with Crippen molar-refractivity contribution < 1.29 is 22.7 Å². The van der Waals surface area contributed by atoms with Gasteiger partial charge < -0.3 is 10.1 Å². The minimum Gasteiger partial charge on any atom is -0.467 e. The molecule has 0 unspecified atom stereocenters. The SMILES string of the molecule is CC[C@H](C)[C@@H](NC(=O)c1cccc(S(=O)(=O)N(C)C)c1)C(=O)OC. The van der Waals surface area contributed by atoms with Crippen molar-refractivity contribution in [3.63, 3.8) is 0 Å². The molecule has 0 spiro atoms. The number of nitrogens with zero attached hydrogens (tertiary/aromatic N) is 1. The molecule has 0 aromatic heterocycles. The third-order valence-electron chi connectivity index (χ3n) is 3.83. The second-order valence-electron chi connectivity index (χ2n) is 5.68. The number of methoxy groups -OCH3 is 1. The summed E-state index contributed by atoms with van der Waals surface area (Å²) in [6.07, 6.45) is 0.676. The molecular weight excluding hydrogens is 332 g/mol. The maximum atomic E-state index is 12.4. The van der Waals surface area contributed by atoms with E-state index >= 15 is 0 Å². The molecule has 134 valence electrons. The number of carbonyl (C=O) groups excluding carboxylic acids is 2. The summed E-state index contributed by atoms with van der Waals surface area (Å²) in [6.45, 7) is 3.73. The monoisotopic (exact) mass is 356 g/mol. The molecule has 0 saturated heterocycles. The molecule has 1 aromatic carbocycles. The quantitative estimate of drug-likeness (QED) is 0.742. The molecule has 1 N–H and O–H groups in total. The van der Waals surface area contributed by atoms with Gasteiger partial charge in [0.25, 0.3) is 5.91 Å². The summed E-state index contributed by atoms with van der Waals surface area (Å²) < 4.78 is 30.1. The van der Waals surface area contributed by atoms with Gasteiger partial charge in [-0.05, 0) is 24.1 Å². The molecule has 0 fully saturated rings. The van der Waals surface area contributed by atoms with Gasteiger partial charge in [0.15, 0.2) is 0 Å². The molecular formula is C16H24N2O5S. The summed E-state index contributed by atoms with van der Waals surface area (Å²) in [5.74, 6) is -1.17. The first kappa shape index (κ1) is 20.1. The van der Waals surface area contributed by atoms with E-state index in [1.807, 2.05) is 13.8 Å². The number of nitrogens with one attached hydrogen (secondary N) is 1. The summed E-state index contributed by atoms with van der Waals surface area (Å²) in [5, 5.41) is 2.62. The van der Waals surface area contributed by atoms with Crippen molar-refractivity contribution in [3.05, 3.63) is 29.8 Å². The average Bonchev–Trinajstić information content (AvgIpc) is 2.57. The van der Waals surface area contributed by atoms with Gasteiger partial charge in [-0.2, -0.15) is 0 Å². The molecule has 0 bridgehead atoms. The highest BCUT2D eigenvalue weighted by molar-refractivity contribution is 7.89. The molecule has 1 rings (SSSR count). The average molecular weight is 356 g/mol. The van der Waals surface area contributed by atoms with Crippen LogP contribution in [0.1, 0.15) is 30.6 Å². The van der Waals surface area contributed by atoms with E-state index in [0.717, 1.165) is 4.31 Å². The first-order valence-corrected chi connectivity index (χ1v) is 9.00. The number of rotatable bonds is 7. The summed E-state index contributed by atoms with van der Waals surface area (Å²) in [7, 11) is 0.446. The van der Waals surface area contributed by atoms with Crippen LogP contribution in [0.4, 0.5) is 0 Å². The lowest BCUT2D eigenvalue weighted by molar-refractivity contribution is -0.144. The highest BCUT2D eigenvalue weighted by Gasteiger charge is 2.27. The summed E-state index contributed by atoms with van der Waals surface area (Å²) in [5.41, 5.74) is 0.162. The van der Waals surface area contributed by atoms with Gasteiger partial charge in [-0.3, -0.25) is 4.79 Å². The predicted octanol–water partition coefficient (Wildman–Crippen LogP) is 1.25. The van der Waals surface area contributed by atoms with Crippen LogP contribution in [-0.2, 0) is 19.6 Å². The van der Waals surface area contributed by atoms with Crippen LogP contribution >= 0.6 is 0 Å². The Balaban J connectivity index is 3.09. The van der Waals surface area contributed by atoms with Gasteiger partial charge in [0.2, 0.25) is 10.0 Å². The van der Waals surface area contributed by atoms with Crippen molar-refractivity contribution in [1.29, 1.82) is 0 Å². The van der Waals surface area contributed by atoms with Crippen molar-refractivity contribution in [3.8, 4) is 0 Å². The van der Waals surface area contributed by atoms with Crippen molar-refractivity contribution in [1.82, 2.24) is 9.62 Å². The second-order valence-corrected chi connectivity index (χ2v) is 7.83. The van der Waals surface area contributed by atoms with Crippen LogP contribution in [0.5, 0.6) is 0 Å². The fraction of sp³-hybridized carbons (Fsp3) is 0.500. The van der Waals surface area contributed by atoms with Crippen LogP contribution in [0.2, 0.25) is 0 Å². The lowest BCUT2D eigenvalue weighted by Gasteiger charge is -2.22. The third-order valence-corrected chi connectivity index (χ3v) is 5.64. The van der Waals surface area contributed by atoms with Crippen molar-refractivity contribution in [2.75, 3.05) is 21.2 Å². The standard InChI is InChI=1S/C16H24N2O5S/c1-6-11(2)14(16(20)23-5)17-15(19)12-8-7-9-13(10-12)24(21,22)18(3)4/h7-11,14H,6H2,1-5H3,(H,17,19)/t11-,14+/m0/s1. The van der Waals surface area contributed by atoms with E-state index in [-0.39, 0.29) is 16.4 Å². The molecule has 7 nitrogen and oxygen atoms in total. The number of hydrogen-bond donors (Lipinski definition) is 1. The molecule has 0 radical (unpaired) electrons. The Bertz CT molecular complexity index is 700. The molecule has 0 aliphatic rings. The van der Waals surface area contributed by atoms with E-state index in [4.69, 9.17) is 4.74 Å². The minimum absolute atomic E-state index is 0.0123. The van der Waals surface area contributed by atoms with E-state index in [1.54, 1.807) is 0 Å². The Morgan fingerprint density at radius 2 is 1.92 bits per heavy atom. The number of carbonyl (C=O) groups is 2. The molecule has 0 saturated carbocycles. The van der Waals surface area contributed by atoms with Crippen molar-refractivity contribution in [2.45, 2.75) is 31.2 Å². The van der Waals surface area contributed by atoms with E-state index in [1.165, 1.54) is 45.5 Å². The Kier molecular flexibility index (Phi) is 6.92. The normalized spacial score (nSPS) is 14.1. The second kappa shape index (κ2) is 8.25. The van der Waals surface area contributed by atoms with E-state index in [2.05, 4.69) is 5.32 Å². The fourth-order valence-electron chi connectivity index (χ4n) is 2.03. The van der Waals surface area contributed by atoms with Crippen LogP contribution < -0.4 is 5.32 Å². The Hall–Kier alpha value is -1.93. The number of sulfonamides is 1. The van der Waals surface area contributed by atoms with Gasteiger partial charge in [-0.1, -0.05) is 26.3 Å². The van der Waals surface area contributed by atoms with Crippen molar-refractivity contribution in [2.24, 2.45) is 5.92 Å². The molecule has 2 atom stereocenters. The first-order valence-electron chi connectivity index (χ1n) is 7.56. The van der Waals surface area contributed by atoms with Crippen molar-refractivity contribution >= 4 is 21.9 Å². The van der Waals surface area contributed by atoms with E-state index < -0.39 is 27.9 Å². The molecule has 8 heteroatoms. The largest absolute Gasteiger partial charge is 0.467 e. The number of amides is 1. The predicted molar refractivity (Wildman–Crippen MR) is 90.0 cm³/mol. The lowest BCUT2D eigenvalue weighted by Crippen LogP contribution is -2.45. The summed E-state index contributed by atoms with van der Waals surface area (Å²) in [4.78, 5) is 24.3. The minimum atomic E-state index is -3.64. The topological polar surface area (TPSA) is 92.8 Å². The highest BCUT2D eigenvalue weighted by Crippen LogP contribution is 2.16. The number of benzene rings is 1. The third kappa shape index (κ3) is 4.55. The highest BCUT2D eigenvalue weighted by atomic mass is 32.2. The molecule has 0 aliphatic heterocycles. The molecule has 1 aromatic rings. The van der Waals surface area contributed by atoms with Gasteiger partial charge in [-0.15, -0.1) is 0 Å². The number of esters is 1. The van der Waals surface area contributed by atoms with Gasteiger partial charge >= 0.3 is 5.97 Å². The van der Waals surface area contributed by atoms with Crippen LogP contribution in [0.3, 0.4) is 0 Å². The van der Waals surface area contributed by atoms with Gasteiger partial charge in [0, 0.05) is 19.7 Å². The zero-order valence-corrected chi connectivity index (χ0v) is 15.4.